The summed E-state index contributed by atoms with van der Waals surface area (Å²) in [6.07, 6.45) is 3.40. The molecule has 0 saturated carbocycles. The van der Waals surface area contributed by atoms with Gasteiger partial charge in [-0.2, -0.15) is 0 Å². The number of carboxylic acid groups (broad SMARTS) is 1. The molecule has 0 fully saturated rings. The molecule has 0 aliphatic carbocycles. The zero-order chi connectivity index (χ0) is 18.2. The first-order valence-corrected chi connectivity index (χ1v) is 7.75. The highest BCUT2D eigenvalue weighted by Gasteiger charge is 2.25. The van der Waals surface area contributed by atoms with Gasteiger partial charge >= 0.3 is 5.97 Å². The minimum absolute atomic E-state index is 0.199. The third-order valence-electron chi connectivity index (χ3n) is 3.55. The summed E-state index contributed by atoms with van der Waals surface area (Å²) in [5.74, 6) is -2.13. The van der Waals surface area contributed by atoms with E-state index in [4.69, 9.17) is 5.11 Å². The summed E-state index contributed by atoms with van der Waals surface area (Å²) in [6.45, 7) is 1.36. The van der Waals surface area contributed by atoms with E-state index in [0.29, 0.717) is 5.56 Å². The van der Waals surface area contributed by atoms with Crippen molar-refractivity contribution in [1.29, 1.82) is 0 Å². The van der Waals surface area contributed by atoms with Crippen molar-refractivity contribution in [2.45, 2.75) is 25.4 Å². The van der Waals surface area contributed by atoms with Gasteiger partial charge in [0.1, 0.15) is 12.1 Å². The fourth-order valence-corrected chi connectivity index (χ4v) is 2.17. The Morgan fingerprint density at radius 1 is 1.08 bits per heavy atom. The molecule has 0 aliphatic heterocycles. The molecule has 1 aromatic carbocycles. The number of aromatic nitrogens is 1. The van der Waals surface area contributed by atoms with E-state index in [0.717, 1.165) is 5.56 Å². The van der Waals surface area contributed by atoms with E-state index in [1.165, 1.54) is 6.92 Å². The monoisotopic (exact) mass is 341 g/mol. The predicted octanol–water partition coefficient (Wildman–Crippen LogP) is 1.01. The van der Waals surface area contributed by atoms with Crippen LogP contribution in [0.15, 0.2) is 54.9 Å². The Labute approximate surface area is 145 Å². The van der Waals surface area contributed by atoms with Crippen LogP contribution in [0.4, 0.5) is 0 Å². The van der Waals surface area contributed by atoms with E-state index in [1.54, 1.807) is 54.9 Å². The number of carbonyl (C=O) groups is 3. The maximum absolute atomic E-state index is 12.4. The standard InChI is InChI=1S/C18H19N3O4/c1-12(18(24)25)20-17(23)15(10-13-6-5-9-19-11-13)21-16(22)14-7-3-2-4-8-14/h2-9,11-12,15H,10H2,1H3,(H,20,23)(H,21,22)(H,24,25)/t12-,15+/m0/s1. The summed E-state index contributed by atoms with van der Waals surface area (Å²) in [4.78, 5) is 39.7. The fraction of sp³-hybridized carbons (Fsp3) is 0.222. The first kappa shape index (κ1) is 18.1. The van der Waals surface area contributed by atoms with Gasteiger partial charge in [0.15, 0.2) is 0 Å². The average molecular weight is 341 g/mol. The number of hydrogen-bond donors (Lipinski definition) is 3. The van der Waals surface area contributed by atoms with Crippen molar-refractivity contribution in [2.75, 3.05) is 0 Å². The van der Waals surface area contributed by atoms with Crippen LogP contribution < -0.4 is 10.6 Å². The molecule has 1 heterocycles. The van der Waals surface area contributed by atoms with Crippen LogP contribution in [-0.4, -0.2) is 40.0 Å². The Bertz CT molecular complexity index is 735. The van der Waals surface area contributed by atoms with E-state index in [1.807, 2.05) is 0 Å². The first-order valence-electron chi connectivity index (χ1n) is 7.75. The number of nitrogens with one attached hydrogen (secondary N) is 2. The Morgan fingerprint density at radius 2 is 1.80 bits per heavy atom. The second-order valence-corrected chi connectivity index (χ2v) is 5.53. The van der Waals surface area contributed by atoms with E-state index >= 15 is 0 Å². The molecule has 2 rings (SSSR count). The molecule has 7 nitrogen and oxygen atoms in total. The van der Waals surface area contributed by atoms with Crippen LogP contribution in [0.3, 0.4) is 0 Å². The highest BCUT2D eigenvalue weighted by molar-refractivity contribution is 5.98. The molecular formula is C18H19N3O4. The van der Waals surface area contributed by atoms with Crippen LogP contribution in [0.25, 0.3) is 0 Å². The summed E-state index contributed by atoms with van der Waals surface area (Å²) in [7, 11) is 0. The van der Waals surface area contributed by atoms with Gasteiger partial charge in [-0.15, -0.1) is 0 Å². The molecule has 0 unspecified atom stereocenters. The second kappa shape index (κ2) is 8.58. The van der Waals surface area contributed by atoms with Crippen LogP contribution in [0.1, 0.15) is 22.8 Å². The summed E-state index contributed by atoms with van der Waals surface area (Å²) in [5, 5.41) is 14.0. The van der Waals surface area contributed by atoms with Crippen LogP contribution in [-0.2, 0) is 16.0 Å². The number of carboxylic acids is 1. The average Bonchev–Trinajstić information content (AvgIpc) is 2.62. The number of benzene rings is 1. The van der Waals surface area contributed by atoms with Crippen LogP contribution in [0, 0.1) is 0 Å². The molecule has 2 aromatic rings. The lowest BCUT2D eigenvalue weighted by Gasteiger charge is -2.20. The highest BCUT2D eigenvalue weighted by Crippen LogP contribution is 2.05. The summed E-state index contributed by atoms with van der Waals surface area (Å²) >= 11 is 0. The molecule has 0 saturated heterocycles. The van der Waals surface area contributed by atoms with Gasteiger partial charge in [-0.05, 0) is 30.7 Å². The molecule has 0 aliphatic rings. The molecule has 7 heteroatoms. The van der Waals surface area contributed by atoms with Crippen molar-refractivity contribution in [3.05, 3.63) is 66.0 Å². The SMILES string of the molecule is C[C@H](NC(=O)[C@@H](Cc1cccnc1)NC(=O)c1ccccc1)C(=O)O. The molecule has 25 heavy (non-hydrogen) atoms. The highest BCUT2D eigenvalue weighted by atomic mass is 16.4. The Kier molecular flexibility index (Phi) is 6.22. The van der Waals surface area contributed by atoms with Crippen molar-refractivity contribution in [1.82, 2.24) is 15.6 Å². The molecule has 0 bridgehead atoms. The fourth-order valence-electron chi connectivity index (χ4n) is 2.17. The molecule has 2 atom stereocenters. The van der Waals surface area contributed by atoms with Crippen molar-refractivity contribution in [3.8, 4) is 0 Å². The lowest BCUT2D eigenvalue weighted by molar-refractivity contribution is -0.141. The predicted molar refractivity (Wildman–Crippen MR) is 90.9 cm³/mol. The van der Waals surface area contributed by atoms with Gasteiger partial charge in [0.2, 0.25) is 5.91 Å². The molecule has 3 N–H and O–H groups in total. The zero-order valence-corrected chi connectivity index (χ0v) is 13.7. The topological polar surface area (TPSA) is 108 Å². The molecular weight excluding hydrogens is 322 g/mol. The Hall–Kier alpha value is -3.22. The number of hydrogen-bond acceptors (Lipinski definition) is 4. The van der Waals surface area contributed by atoms with E-state index in [2.05, 4.69) is 15.6 Å². The number of aliphatic carboxylic acids is 1. The number of pyridine rings is 1. The third-order valence-corrected chi connectivity index (χ3v) is 3.55. The molecule has 130 valence electrons. The largest absolute Gasteiger partial charge is 0.480 e. The normalized spacial score (nSPS) is 12.7. The van der Waals surface area contributed by atoms with E-state index in [9.17, 15) is 14.4 Å². The van der Waals surface area contributed by atoms with Crippen LogP contribution in [0.5, 0.6) is 0 Å². The van der Waals surface area contributed by atoms with Gasteiger partial charge in [-0.3, -0.25) is 19.4 Å². The van der Waals surface area contributed by atoms with Gasteiger partial charge in [-0.25, -0.2) is 0 Å². The van der Waals surface area contributed by atoms with Gasteiger partial charge in [0.05, 0.1) is 0 Å². The van der Waals surface area contributed by atoms with Crippen molar-refractivity contribution < 1.29 is 19.5 Å². The van der Waals surface area contributed by atoms with Gasteiger partial charge in [0.25, 0.3) is 5.91 Å². The number of carbonyl (C=O) groups excluding carboxylic acids is 2. The number of rotatable bonds is 7. The Morgan fingerprint density at radius 3 is 2.40 bits per heavy atom. The minimum Gasteiger partial charge on any atom is -0.480 e. The maximum atomic E-state index is 12.4. The summed E-state index contributed by atoms with van der Waals surface area (Å²) in [6, 6.07) is 10.0. The Balaban J connectivity index is 2.15. The quantitative estimate of drug-likeness (QED) is 0.696. The number of nitrogens with zero attached hydrogens (tertiary/aromatic N) is 1. The maximum Gasteiger partial charge on any atom is 0.325 e. The lowest BCUT2D eigenvalue weighted by atomic mass is 10.1. The molecule has 1 aromatic heterocycles. The minimum atomic E-state index is -1.15. The van der Waals surface area contributed by atoms with Gasteiger partial charge in [-0.1, -0.05) is 24.3 Å². The van der Waals surface area contributed by atoms with Crippen LogP contribution >= 0.6 is 0 Å². The van der Waals surface area contributed by atoms with Gasteiger partial charge < -0.3 is 15.7 Å². The van der Waals surface area contributed by atoms with E-state index in [-0.39, 0.29) is 6.42 Å². The third kappa shape index (κ3) is 5.42. The molecule has 0 radical (unpaired) electrons. The zero-order valence-electron chi connectivity index (χ0n) is 13.7. The summed E-state index contributed by atoms with van der Waals surface area (Å²) < 4.78 is 0. The van der Waals surface area contributed by atoms with Crippen molar-refractivity contribution in [3.63, 3.8) is 0 Å². The smallest absolute Gasteiger partial charge is 0.325 e. The van der Waals surface area contributed by atoms with E-state index < -0.39 is 29.9 Å². The lowest BCUT2D eigenvalue weighted by Crippen LogP contribution is -2.51. The first-order chi connectivity index (χ1) is 12.0. The van der Waals surface area contributed by atoms with Crippen molar-refractivity contribution in [2.24, 2.45) is 0 Å². The van der Waals surface area contributed by atoms with Crippen LogP contribution in [0.2, 0.25) is 0 Å². The molecule has 2 amide bonds. The van der Waals surface area contributed by atoms with Gasteiger partial charge in [0, 0.05) is 24.4 Å². The molecule has 0 spiro atoms. The second-order valence-electron chi connectivity index (χ2n) is 5.53. The number of amides is 2. The summed E-state index contributed by atoms with van der Waals surface area (Å²) in [5.41, 5.74) is 1.16. The van der Waals surface area contributed by atoms with Crippen molar-refractivity contribution >= 4 is 17.8 Å².